The van der Waals surface area contributed by atoms with Crippen molar-refractivity contribution < 1.29 is 22.4 Å². The van der Waals surface area contributed by atoms with E-state index in [1.165, 1.54) is 36.2 Å². The molecular formula is C22H28FN3O4S. The van der Waals surface area contributed by atoms with Crippen molar-refractivity contribution in [3.05, 3.63) is 71.5 Å². The fourth-order valence-electron chi connectivity index (χ4n) is 3.03. The van der Waals surface area contributed by atoms with Crippen LogP contribution in [0.5, 0.6) is 0 Å². The van der Waals surface area contributed by atoms with Gasteiger partial charge in [-0.3, -0.25) is 9.59 Å². The smallest absolute Gasteiger partial charge is 0.243 e. The maximum atomic E-state index is 13.3. The highest BCUT2D eigenvalue weighted by Gasteiger charge is 2.31. The Bertz CT molecular complexity index is 982. The fourth-order valence-corrected chi connectivity index (χ4v) is 3.38. The highest BCUT2D eigenvalue weighted by atomic mass is 32.2. The van der Waals surface area contributed by atoms with Crippen molar-refractivity contribution in [2.75, 3.05) is 26.4 Å². The maximum Gasteiger partial charge on any atom is 0.243 e. The van der Waals surface area contributed by atoms with Gasteiger partial charge in [0, 0.05) is 26.6 Å². The van der Waals surface area contributed by atoms with E-state index >= 15 is 0 Å². The Morgan fingerprint density at radius 1 is 1.03 bits per heavy atom. The van der Waals surface area contributed by atoms with E-state index in [0.717, 1.165) is 16.1 Å². The zero-order chi connectivity index (χ0) is 23.0. The summed E-state index contributed by atoms with van der Waals surface area (Å²) in [7, 11) is -2.28. The minimum absolute atomic E-state index is 0.0331. The third-order valence-electron chi connectivity index (χ3n) is 4.81. The minimum atomic E-state index is -3.59. The van der Waals surface area contributed by atoms with Gasteiger partial charge in [-0.1, -0.05) is 42.5 Å². The predicted molar refractivity (Wildman–Crippen MR) is 117 cm³/mol. The van der Waals surface area contributed by atoms with Crippen molar-refractivity contribution in [2.45, 2.75) is 25.9 Å². The van der Waals surface area contributed by atoms with Gasteiger partial charge in [-0.25, -0.2) is 12.8 Å². The number of amides is 2. The molecule has 2 amide bonds. The molecule has 1 unspecified atom stereocenters. The van der Waals surface area contributed by atoms with Gasteiger partial charge in [0.2, 0.25) is 21.8 Å². The van der Waals surface area contributed by atoms with Crippen LogP contribution in [0, 0.1) is 5.82 Å². The molecule has 168 valence electrons. The maximum absolute atomic E-state index is 13.3. The van der Waals surface area contributed by atoms with E-state index in [-0.39, 0.29) is 18.9 Å². The highest BCUT2D eigenvalue weighted by molar-refractivity contribution is 7.88. The molecule has 0 spiro atoms. The first kappa shape index (κ1) is 24.5. The lowest BCUT2D eigenvalue weighted by Crippen LogP contribution is -2.52. The molecule has 2 rings (SSSR count). The molecule has 0 aliphatic rings. The van der Waals surface area contributed by atoms with Gasteiger partial charge >= 0.3 is 0 Å². The molecule has 2 aromatic rings. The van der Waals surface area contributed by atoms with Gasteiger partial charge in [-0.2, -0.15) is 4.31 Å². The summed E-state index contributed by atoms with van der Waals surface area (Å²) < 4.78 is 37.9. The third kappa shape index (κ3) is 7.45. The van der Waals surface area contributed by atoms with E-state index in [0.29, 0.717) is 12.1 Å². The van der Waals surface area contributed by atoms with Crippen LogP contribution in [0.25, 0.3) is 0 Å². The molecule has 0 aromatic heterocycles. The summed E-state index contributed by atoms with van der Waals surface area (Å²) in [6.07, 6.45) is 1.26. The Morgan fingerprint density at radius 3 is 2.19 bits per heavy atom. The number of halogens is 1. The summed E-state index contributed by atoms with van der Waals surface area (Å²) in [5.41, 5.74) is 1.48. The number of hydrogen-bond donors (Lipinski definition) is 1. The lowest BCUT2D eigenvalue weighted by atomic mass is 10.0. The molecule has 2 aromatic carbocycles. The first-order valence-corrected chi connectivity index (χ1v) is 11.7. The number of nitrogens with zero attached hydrogens (tertiary/aromatic N) is 2. The SMILES string of the molecule is CCNC(=O)C(Cc1ccccc1)N(Cc1ccc(F)cc1)C(=O)CN(C)S(C)(=O)=O. The monoisotopic (exact) mass is 449 g/mol. The van der Waals surface area contributed by atoms with Crippen LogP contribution < -0.4 is 5.32 Å². The molecule has 0 aliphatic heterocycles. The Morgan fingerprint density at radius 2 is 1.65 bits per heavy atom. The minimum Gasteiger partial charge on any atom is -0.355 e. The van der Waals surface area contributed by atoms with Crippen LogP contribution in [0.4, 0.5) is 4.39 Å². The molecule has 0 aliphatic carbocycles. The summed E-state index contributed by atoms with van der Waals surface area (Å²) in [6.45, 7) is 1.78. The summed E-state index contributed by atoms with van der Waals surface area (Å²) >= 11 is 0. The topological polar surface area (TPSA) is 86.8 Å². The molecule has 0 heterocycles. The number of benzene rings is 2. The normalized spacial score (nSPS) is 12.4. The zero-order valence-corrected chi connectivity index (χ0v) is 18.7. The van der Waals surface area contributed by atoms with Crippen LogP contribution in [-0.4, -0.2) is 61.9 Å². The Balaban J connectivity index is 2.41. The quantitative estimate of drug-likeness (QED) is 0.599. The highest BCUT2D eigenvalue weighted by Crippen LogP contribution is 2.16. The van der Waals surface area contributed by atoms with Crippen molar-refractivity contribution in [2.24, 2.45) is 0 Å². The summed E-state index contributed by atoms with van der Waals surface area (Å²) in [5, 5.41) is 2.75. The second kappa shape index (κ2) is 11.0. The van der Waals surface area contributed by atoms with Crippen LogP contribution in [0.2, 0.25) is 0 Å². The van der Waals surface area contributed by atoms with Crippen LogP contribution in [-0.2, 0) is 32.6 Å². The third-order valence-corrected chi connectivity index (χ3v) is 6.07. The Hall–Kier alpha value is -2.78. The second-order valence-electron chi connectivity index (χ2n) is 7.27. The molecule has 0 saturated carbocycles. The van der Waals surface area contributed by atoms with E-state index in [4.69, 9.17) is 0 Å². The molecule has 31 heavy (non-hydrogen) atoms. The van der Waals surface area contributed by atoms with Crippen LogP contribution in [0.15, 0.2) is 54.6 Å². The number of sulfonamides is 1. The second-order valence-corrected chi connectivity index (χ2v) is 9.36. The largest absolute Gasteiger partial charge is 0.355 e. The molecule has 1 N–H and O–H groups in total. The number of hydrogen-bond acceptors (Lipinski definition) is 4. The molecule has 7 nitrogen and oxygen atoms in total. The number of nitrogens with one attached hydrogen (secondary N) is 1. The van der Waals surface area contributed by atoms with Crippen molar-refractivity contribution >= 4 is 21.8 Å². The predicted octanol–water partition coefficient (Wildman–Crippen LogP) is 1.79. The molecule has 1 atom stereocenters. The van der Waals surface area contributed by atoms with Crippen molar-refractivity contribution in [1.29, 1.82) is 0 Å². The first-order chi connectivity index (χ1) is 14.6. The molecule has 0 radical (unpaired) electrons. The van der Waals surface area contributed by atoms with Crippen molar-refractivity contribution in [3.8, 4) is 0 Å². The standard InChI is InChI=1S/C22H28FN3O4S/c1-4-24-22(28)20(14-17-8-6-5-7-9-17)26(15-18-10-12-19(23)13-11-18)21(27)16-25(2)31(3,29)30/h5-13,20H,4,14-16H2,1-3H3,(H,24,28). The average Bonchev–Trinajstić information content (AvgIpc) is 2.72. The van der Waals surface area contributed by atoms with Crippen molar-refractivity contribution in [3.63, 3.8) is 0 Å². The number of carbonyl (C=O) groups excluding carboxylic acids is 2. The summed E-state index contributed by atoms with van der Waals surface area (Å²) in [5.74, 6) is -1.28. The van der Waals surface area contributed by atoms with E-state index in [2.05, 4.69) is 5.32 Å². The van der Waals surface area contributed by atoms with Gasteiger partial charge in [0.25, 0.3) is 0 Å². The Labute approximate surface area is 182 Å². The van der Waals surface area contributed by atoms with Gasteiger partial charge in [-0.15, -0.1) is 0 Å². The summed E-state index contributed by atoms with van der Waals surface area (Å²) in [6, 6.07) is 14.0. The van der Waals surface area contributed by atoms with E-state index < -0.39 is 34.3 Å². The Kier molecular flexibility index (Phi) is 8.70. The number of carbonyl (C=O) groups is 2. The summed E-state index contributed by atoms with van der Waals surface area (Å²) in [4.78, 5) is 27.5. The van der Waals surface area contributed by atoms with Gasteiger partial charge in [-0.05, 0) is 30.2 Å². The van der Waals surface area contributed by atoms with E-state index in [1.807, 2.05) is 30.3 Å². The molecule has 9 heteroatoms. The van der Waals surface area contributed by atoms with E-state index in [9.17, 15) is 22.4 Å². The first-order valence-electron chi connectivity index (χ1n) is 9.88. The number of rotatable bonds is 10. The van der Waals surface area contributed by atoms with Gasteiger partial charge in [0.1, 0.15) is 11.9 Å². The van der Waals surface area contributed by atoms with E-state index in [1.54, 1.807) is 6.92 Å². The van der Waals surface area contributed by atoms with Gasteiger partial charge in [0.15, 0.2) is 0 Å². The molecule has 0 bridgehead atoms. The zero-order valence-electron chi connectivity index (χ0n) is 17.9. The fraction of sp³-hybridized carbons (Fsp3) is 0.364. The molecule has 0 saturated heterocycles. The van der Waals surface area contributed by atoms with Crippen LogP contribution in [0.1, 0.15) is 18.1 Å². The molecule has 0 fully saturated rings. The van der Waals surface area contributed by atoms with Gasteiger partial charge < -0.3 is 10.2 Å². The van der Waals surface area contributed by atoms with Crippen LogP contribution in [0.3, 0.4) is 0 Å². The molecular weight excluding hydrogens is 421 g/mol. The van der Waals surface area contributed by atoms with Gasteiger partial charge in [0.05, 0.1) is 12.8 Å². The van der Waals surface area contributed by atoms with Crippen molar-refractivity contribution in [1.82, 2.24) is 14.5 Å². The average molecular weight is 450 g/mol. The lowest BCUT2D eigenvalue weighted by molar-refractivity contribution is -0.141. The number of likely N-dealkylation sites (N-methyl/N-ethyl adjacent to an activating group) is 2. The van der Waals surface area contributed by atoms with Crippen LogP contribution >= 0.6 is 0 Å². The lowest BCUT2D eigenvalue weighted by Gasteiger charge is -2.32.